The molecule has 0 atom stereocenters. The van der Waals surface area contributed by atoms with Crippen LogP contribution in [0.5, 0.6) is 0 Å². The molecular formula is C18H42N6P4. The van der Waals surface area contributed by atoms with Gasteiger partial charge in [-0.3, -0.25) is 9.80 Å². The lowest BCUT2D eigenvalue weighted by molar-refractivity contribution is 0.313. The molecule has 6 aliphatic rings. The molecule has 6 saturated heterocycles. The molecule has 0 aromatic rings. The second-order valence-corrected chi connectivity index (χ2v) is 19.6. The van der Waals surface area contributed by atoms with Gasteiger partial charge in [-0.25, -0.2) is 17.8 Å². The molecule has 0 aliphatic carbocycles. The summed E-state index contributed by atoms with van der Waals surface area (Å²) in [5, 5.41) is 0. The first-order valence-corrected chi connectivity index (χ1v) is 15.9. The monoisotopic (exact) mass is 466 g/mol. The van der Waals surface area contributed by atoms with Crippen molar-refractivity contribution in [3.8, 4) is 0 Å². The molecule has 0 N–H and O–H groups in total. The second-order valence-electron chi connectivity index (χ2n) is 9.56. The van der Waals surface area contributed by atoms with E-state index in [0.29, 0.717) is 35.2 Å². The summed E-state index contributed by atoms with van der Waals surface area (Å²) < 4.78 is 11.9. The average molecular weight is 466 g/mol. The summed E-state index contributed by atoms with van der Waals surface area (Å²) in [6, 6.07) is 2.51. The molecule has 0 unspecified atom stereocenters. The lowest BCUT2D eigenvalue weighted by Gasteiger charge is -2.76. The van der Waals surface area contributed by atoms with E-state index in [-0.39, 0.29) is 32.9 Å². The van der Waals surface area contributed by atoms with Crippen LogP contribution in [-0.2, 0) is 0 Å². The van der Waals surface area contributed by atoms with Gasteiger partial charge in [-0.15, -0.1) is 0 Å². The van der Waals surface area contributed by atoms with Crippen LogP contribution < -0.4 is 0 Å². The van der Waals surface area contributed by atoms with E-state index >= 15 is 0 Å². The molecule has 6 heterocycles. The summed E-state index contributed by atoms with van der Waals surface area (Å²) in [7, 11) is 8.09. The zero-order valence-corrected chi connectivity index (χ0v) is 23.5. The van der Waals surface area contributed by atoms with Gasteiger partial charge in [0.05, 0.1) is 32.9 Å². The molecule has 6 rings (SSSR count). The zero-order valence-electron chi connectivity index (χ0n) is 19.9. The molecule has 6 fully saturated rings. The Kier molecular flexibility index (Phi) is 7.57. The van der Waals surface area contributed by atoms with Crippen molar-refractivity contribution in [2.24, 2.45) is 0 Å². The minimum absolute atomic E-state index is 0.305. The number of nitrogens with zero attached hydrogens (tertiary/aromatic N) is 6. The molecule has 10 heteroatoms. The largest absolute Gasteiger partial charge is 0.295 e. The van der Waals surface area contributed by atoms with Gasteiger partial charge in [-0.05, 0) is 83.6 Å². The van der Waals surface area contributed by atoms with E-state index in [1.54, 1.807) is 0 Å². The van der Waals surface area contributed by atoms with Crippen LogP contribution in [0.25, 0.3) is 0 Å². The fourth-order valence-corrected chi connectivity index (χ4v) is 24.8. The molecule has 0 amide bonds. The number of rotatable bonds is 6. The lowest BCUT2D eigenvalue weighted by Crippen LogP contribution is -2.62. The molecule has 0 spiro atoms. The van der Waals surface area contributed by atoms with E-state index in [0.717, 1.165) is 0 Å². The van der Waals surface area contributed by atoms with Gasteiger partial charge in [-0.1, -0.05) is 0 Å². The van der Waals surface area contributed by atoms with Crippen LogP contribution in [0.1, 0.15) is 55.4 Å². The Morgan fingerprint density at radius 2 is 0.643 bits per heavy atom. The summed E-state index contributed by atoms with van der Waals surface area (Å²) in [5.74, 6) is 0. The van der Waals surface area contributed by atoms with Crippen LogP contribution >= 0.6 is 32.9 Å². The van der Waals surface area contributed by atoms with Gasteiger partial charge in [0, 0.05) is 24.2 Å². The predicted octanol–water partition coefficient (Wildman–Crippen LogP) is 5.81. The summed E-state index contributed by atoms with van der Waals surface area (Å²) >= 11 is 0. The highest BCUT2D eigenvalue weighted by molar-refractivity contribution is 7.99. The highest BCUT2D eigenvalue weighted by atomic mass is 31.3. The highest BCUT2D eigenvalue weighted by Crippen LogP contribution is 2.98. The summed E-state index contributed by atoms with van der Waals surface area (Å²) in [6.45, 7) is 19.4. The van der Waals surface area contributed by atoms with Gasteiger partial charge in [0.25, 0.3) is 0 Å². The van der Waals surface area contributed by atoms with Crippen LogP contribution in [0.2, 0.25) is 0 Å². The fourth-order valence-electron chi connectivity index (χ4n) is 4.44. The van der Waals surface area contributed by atoms with Crippen LogP contribution in [0.4, 0.5) is 0 Å². The third-order valence-electron chi connectivity index (χ3n) is 5.28. The average Bonchev–Trinajstić information content (AvgIpc) is 2.40. The minimum Gasteiger partial charge on any atom is -0.295 e. The van der Waals surface area contributed by atoms with Crippen molar-refractivity contribution in [2.45, 2.75) is 90.6 Å². The first-order chi connectivity index (χ1) is 12.9. The maximum absolute atomic E-state index is 2.97. The van der Waals surface area contributed by atoms with E-state index in [9.17, 15) is 0 Å². The second kappa shape index (κ2) is 8.78. The maximum Gasteiger partial charge on any atom is 0.105 e. The number of hydrogen-bond acceptors (Lipinski definition) is 6. The molecule has 6 nitrogen and oxygen atoms in total. The van der Waals surface area contributed by atoms with Crippen molar-refractivity contribution in [1.82, 2.24) is 27.6 Å². The third-order valence-corrected chi connectivity index (χ3v) is 22.7. The van der Waals surface area contributed by atoms with Crippen LogP contribution in [0.3, 0.4) is 0 Å². The van der Waals surface area contributed by atoms with Crippen molar-refractivity contribution in [3.63, 3.8) is 0 Å². The molecule has 0 aromatic carbocycles. The van der Waals surface area contributed by atoms with Gasteiger partial charge in [-0.2, -0.15) is 0 Å². The standard InChI is InChI=1S/C18H42N6P4/c1-13(2)21-25-17(19(9)10)27-23(15(5)6)28(24(27)16(7)8)18(20(11)12)26(21)22(25)14(3)4/h13-18H,1-12H3. The Bertz CT molecular complexity index is 456. The van der Waals surface area contributed by atoms with Crippen LogP contribution in [-0.4, -0.2) is 91.0 Å². The summed E-state index contributed by atoms with van der Waals surface area (Å²) in [5.41, 5.74) is 1.25. The van der Waals surface area contributed by atoms with E-state index < -0.39 is 0 Å². The predicted molar refractivity (Wildman–Crippen MR) is 131 cm³/mol. The maximum atomic E-state index is 2.97. The quantitative estimate of drug-likeness (QED) is 0.457. The zero-order chi connectivity index (χ0) is 21.2. The topological polar surface area (TPSA) is 19.4 Å². The Morgan fingerprint density at radius 3 is 0.750 bits per heavy atom. The third kappa shape index (κ3) is 3.57. The molecule has 28 heavy (non-hydrogen) atoms. The molecule has 0 saturated carbocycles. The van der Waals surface area contributed by atoms with Gasteiger partial charge in [0.15, 0.2) is 0 Å². The van der Waals surface area contributed by atoms with E-state index in [1.165, 1.54) is 0 Å². The van der Waals surface area contributed by atoms with Crippen molar-refractivity contribution in [3.05, 3.63) is 0 Å². The van der Waals surface area contributed by atoms with E-state index in [1.807, 2.05) is 0 Å². The van der Waals surface area contributed by atoms with E-state index in [4.69, 9.17) is 0 Å². The Labute approximate surface area is 179 Å². The first kappa shape index (κ1) is 24.1. The molecule has 0 radical (unpaired) electrons. The minimum atomic E-state index is -0.305. The van der Waals surface area contributed by atoms with Crippen molar-refractivity contribution >= 4 is 32.9 Å². The normalized spacial score (nSPS) is 37.9. The Hall–Kier alpha value is 1.48. The summed E-state index contributed by atoms with van der Waals surface area (Å²) in [6.07, 6.45) is 0. The smallest absolute Gasteiger partial charge is 0.105 e. The lowest BCUT2D eigenvalue weighted by atomic mass is 10.4. The van der Waals surface area contributed by atoms with E-state index in [2.05, 4.69) is 111 Å². The van der Waals surface area contributed by atoms with Crippen LogP contribution in [0, 0.1) is 0 Å². The number of hydrogen-bond donors (Lipinski definition) is 0. The van der Waals surface area contributed by atoms with Gasteiger partial charge in [0.1, 0.15) is 11.0 Å². The molecular weight excluding hydrogens is 424 g/mol. The fraction of sp³-hybridized carbons (Fsp3) is 1.00. The molecule has 0 aromatic heterocycles. The Balaban J connectivity index is 2.18. The van der Waals surface area contributed by atoms with Crippen molar-refractivity contribution in [1.29, 1.82) is 0 Å². The molecule has 4 bridgehead atoms. The van der Waals surface area contributed by atoms with Crippen molar-refractivity contribution < 1.29 is 0 Å². The van der Waals surface area contributed by atoms with Crippen molar-refractivity contribution in [2.75, 3.05) is 28.2 Å². The first-order valence-electron chi connectivity index (χ1n) is 10.6. The van der Waals surface area contributed by atoms with Gasteiger partial charge < -0.3 is 0 Å². The SMILES string of the molecule is CC(C)N1P2C(N(C)C)P3N(C(C)C)P(C(N(C)C)P1N2C(C)C)N3C(C)C. The van der Waals surface area contributed by atoms with Gasteiger partial charge >= 0.3 is 0 Å². The highest BCUT2D eigenvalue weighted by Gasteiger charge is 2.70. The van der Waals surface area contributed by atoms with Crippen LogP contribution in [0.15, 0.2) is 0 Å². The molecule has 164 valence electrons. The van der Waals surface area contributed by atoms with Gasteiger partial charge in [0.2, 0.25) is 0 Å². The Morgan fingerprint density at radius 1 is 0.464 bits per heavy atom. The molecule has 6 aliphatic heterocycles. The summed E-state index contributed by atoms with van der Waals surface area (Å²) in [4.78, 5) is 5.14.